The van der Waals surface area contributed by atoms with Gasteiger partial charge in [-0.3, -0.25) is 5.32 Å². The first kappa shape index (κ1) is 13.9. The molecule has 0 radical (unpaired) electrons. The van der Waals surface area contributed by atoms with Gasteiger partial charge in [0.25, 0.3) is 0 Å². The minimum atomic E-state index is -0.217. The van der Waals surface area contributed by atoms with Crippen LogP contribution in [0.5, 0.6) is 0 Å². The molecule has 1 aromatic heterocycles. The normalized spacial score (nSPS) is 12.2. The molecule has 0 aliphatic heterocycles. The molecule has 0 aliphatic carbocycles. The van der Waals surface area contributed by atoms with Crippen LogP contribution in [-0.4, -0.2) is 4.98 Å². The third-order valence-corrected chi connectivity index (χ3v) is 4.06. The number of hydrogen-bond donors (Lipinski definition) is 1. The zero-order chi connectivity index (χ0) is 14.5. The third kappa shape index (κ3) is 3.54. The van der Waals surface area contributed by atoms with Crippen LogP contribution in [0.2, 0.25) is 0 Å². The van der Waals surface area contributed by atoms with Crippen molar-refractivity contribution < 1.29 is 4.39 Å². The lowest BCUT2D eigenvalue weighted by atomic mass is 9.99. The quantitative estimate of drug-likeness (QED) is 0.765. The Morgan fingerprint density at radius 3 is 2.38 bits per heavy atom. The first-order valence-electron chi connectivity index (χ1n) is 6.75. The predicted octanol–water partition coefficient (Wildman–Crippen LogP) is 4.16. The highest BCUT2D eigenvalue weighted by Gasteiger charge is 2.13. The van der Waals surface area contributed by atoms with Crippen molar-refractivity contribution in [1.82, 2.24) is 10.3 Å². The van der Waals surface area contributed by atoms with Crippen molar-refractivity contribution in [3.05, 3.63) is 88.1 Å². The van der Waals surface area contributed by atoms with Crippen LogP contribution in [0, 0.1) is 5.82 Å². The summed E-state index contributed by atoms with van der Waals surface area (Å²) < 4.78 is 13.1. The third-order valence-electron chi connectivity index (χ3n) is 3.28. The van der Waals surface area contributed by atoms with Crippen molar-refractivity contribution in [2.45, 2.75) is 12.6 Å². The second-order valence-electron chi connectivity index (χ2n) is 4.70. The van der Waals surface area contributed by atoms with Gasteiger partial charge in [0.1, 0.15) is 10.8 Å². The highest BCUT2D eigenvalue weighted by atomic mass is 32.1. The van der Waals surface area contributed by atoms with Crippen LogP contribution in [0.25, 0.3) is 0 Å². The monoisotopic (exact) mass is 298 g/mol. The molecule has 0 bridgehead atoms. The highest BCUT2D eigenvalue weighted by Crippen LogP contribution is 2.23. The molecule has 0 spiro atoms. The van der Waals surface area contributed by atoms with Crippen LogP contribution < -0.4 is 5.32 Å². The first-order valence-corrected chi connectivity index (χ1v) is 7.63. The van der Waals surface area contributed by atoms with Crippen molar-refractivity contribution in [2.75, 3.05) is 0 Å². The van der Waals surface area contributed by atoms with E-state index in [1.54, 1.807) is 17.5 Å². The van der Waals surface area contributed by atoms with Crippen LogP contribution in [0.3, 0.4) is 0 Å². The van der Waals surface area contributed by atoms with Crippen molar-refractivity contribution in [3.8, 4) is 0 Å². The zero-order valence-corrected chi connectivity index (χ0v) is 12.2. The van der Waals surface area contributed by atoms with Gasteiger partial charge in [-0.2, -0.15) is 0 Å². The van der Waals surface area contributed by atoms with Gasteiger partial charge in [0, 0.05) is 18.1 Å². The molecule has 21 heavy (non-hydrogen) atoms. The van der Waals surface area contributed by atoms with E-state index in [0.29, 0.717) is 6.54 Å². The molecule has 3 aromatic rings. The van der Waals surface area contributed by atoms with E-state index in [-0.39, 0.29) is 11.9 Å². The van der Waals surface area contributed by atoms with Gasteiger partial charge in [-0.15, -0.1) is 11.3 Å². The molecular weight excluding hydrogens is 283 g/mol. The Hall–Kier alpha value is -2.04. The van der Waals surface area contributed by atoms with Gasteiger partial charge < -0.3 is 0 Å². The average molecular weight is 298 g/mol. The van der Waals surface area contributed by atoms with Gasteiger partial charge in [-0.05, 0) is 23.3 Å². The summed E-state index contributed by atoms with van der Waals surface area (Å²) in [5.74, 6) is -0.217. The maximum atomic E-state index is 13.1. The van der Waals surface area contributed by atoms with E-state index in [2.05, 4.69) is 22.4 Å². The minimum Gasteiger partial charge on any atom is -0.300 e. The minimum absolute atomic E-state index is 0.0238. The molecule has 1 N–H and O–H groups in total. The van der Waals surface area contributed by atoms with E-state index in [1.165, 1.54) is 12.1 Å². The molecular formula is C17H15FN2S. The van der Waals surface area contributed by atoms with Gasteiger partial charge in [0.2, 0.25) is 0 Å². The first-order chi connectivity index (χ1) is 10.3. The molecule has 1 heterocycles. The number of nitrogens with one attached hydrogen (secondary N) is 1. The zero-order valence-electron chi connectivity index (χ0n) is 11.4. The number of rotatable bonds is 5. The molecule has 1 atom stereocenters. The van der Waals surface area contributed by atoms with Crippen LogP contribution in [0.4, 0.5) is 4.39 Å². The number of halogens is 1. The summed E-state index contributed by atoms with van der Waals surface area (Å²) >= 11 is 1.62. The Morgan fingerprint density at radius 2 is 1.71 bits per heavy atom. The largest absolute Gasteiger partial charge is 0.300 e. The van der Waals surface area contributed by atoms with Crippen molar-refractivity contribution >= 4 is 11.3 Å². The smallest absolute Gasteiger partial charge is 0.123 e. The molecule has 1 unspecified atom stereocenters. The number of nitrogens with zero attached hydrogens (tertiary/aromatic N) is 1. The fourth-order valence-corrected chi connectivity index (χ4v) is 2.83. The number of thiazole rings is 1. The standard InChI is InChI=1S/C17H15FN2S/c18-15-8-6-14(7-9-15)17(13-4-2-1-3-5-13)20-12-16-19-10-11-21-16/h1-11,17,20H,12H2. The molecule has 0 saturated heterocycles. The van der Waals surface area contributed by atoms with E-state index >= 15 is 0 Å². The summed E-state index contributed by atoms with van der Waals surface area (Å²) in [6.07, 6.45) is 1.80. The summed E-state index contributed by atoms with van der Waals surface area (Å²) in [7, 11) is 0. The van der Waals surface area contributed by atoms with Crippen LogP contribution in [0.1, 0.15) is 22.2 Å². The molecule has 0 aliphatic rings. The second-order valence-corrected chi connectivity index (χ2v) is 5.68. The van der Waals surface area contributed by atoms with Crippen LogP contribution in [-0.2, 0) is 6.54 Å². The molecule has 0 fully saturated rings. The van der Waals surface area contributed by atoms with Crippen LogP contribution >= 0.6 is 11.3 Å². The van der Waals surface area contributed by atoms with E-state index < -0.39 is 0 Å². The SMILES string of the molecule is Fc1ccc(C(NCc2nccs2)c2ccccc2)cc1. The van der Waals surface area contributed by atoms with Gasteiger partial charge in [-0.25, -0.2) is 9.37 Å². The summed E-state index contributed by atoms with van der Waals surface area (Å²) in [4.78, 5) is 4.29. The Morgan fingerprint density at radius 1 is 1.00 bits per heavy atom. The molecule has 4 heteroatoms. The van der Waals surface area contributed by atoms with Crippen molar-refractivity contribution in [2.24, 2.45) is 0 Å². The number of hydrogen-bond acceptors (Lipinski definition) is 3. The van der Waals surface area contributed by atoms with Crippen molar-refractivity contribution in [3.63, 3.8) is 0 Å². The summed E-state index contributed by atoms with van der Waals surface area (Å²) in [6, 6.07) is 16.8. The van der Waals surface area contributed by atoms with E-state index in [1.807, 2.05) is 35.7 Å². The molecule has 2 aromatic carbocycles. The maximum absolute atomic E-state index is 13.1. The van der Waals surface area contributed by atoms with Gasteiger partial charge in [-0.1, -0.05) is 42.5 Å². The fraction of sp³-hybridized carbons (Fsp3) is 0.118. The topological polar surface area (TPSA) is 24.9 Å². The lowest BCUT2D eigenvalue weighted by Gasteiger charge is -2.19. The Bertz CT molecular complexity index is 666. The van der Waals surface area contributed by atoms with Crippen LogP contribution in [0.15, 0.2) is 66.2 Å². The molecule has 2 nitrogen and oxygen atoms in total. The van der Waals surface area contributed by atoms with Gasteiger partial charge in [0.05, 0.1) is 6.04 Å². The Balaban J connectivity index is 1.85. The predicted molar refractivity (Wildman–Crippen MR) is 83.6 cm³/mol. The summed E-state index contributed by atoms with van der Waals surface area (Å²) in [6.45, 7) is 0.689. The number of aromatic nitrogens is 1. The Labute approximate surface area is 127 Å². The lowest BCUT2D eigenvalue weighted by Crippen LogP contribution is -2.22. The van der Waals surface area contributed by atoms with Gasteiger partial charge in [0.15, 0.2) is 0 Å². The maximum Gasteiger partial charge on any atom is 0.123 e. The Kier molecular flexibility index (Phi) is 4.38. The number of benzene rings is 2. The molecule has 3 rings (SSSR count). The molecule has 0 amide bonds. The van der Waals surface area contributed by atoms with Gasteiger partial charge >= 0.3 is 0 Å². The molecule has 106 valence electrons. The summed E-state index contributed by atoms with van der Waals surface area (Å²) in [5, 5.41) is 6.50. The highest BCUT2D eigenvalue weighted by molar-refractivity contribution is 7.09. The van der Waals surface area contributed by atoms with E-state index in [4.69, 9.17) is 0 Å². The molecule has 0 saturated carbocycles. The van der Waals surface area contributed by atoms with E-state index in [9.17, 15) is 4.39 Å². The second kappa shape index (κ2) is 6.61. The van der Waals surface area contributed by atoms with E-state index in [0.717, 1.165) is 16.1 Å². The summed E-state index contributed by atoms with van der Waals surface area (Å²) in [5.41, 5.74) is 2.19. The lowest BCUT2D eigenvalue weighted by molar-refractivity contribution is 0.596. The fourth-order valence-electron chi connectivity index (χ4n) is 2.26. The average Bonchev–Trinajstić information content (AvgIpc) is 3.04. The van der Waals surface area contributed by atoms with Crippen molar-refractivity contribution in [1.29, 1.82) is 0 Å².